The first-order chi connectivity index (χ1) is 14.6. The average Bonchev–Trinajstić information content (AvgIpc) is 3.43. The third kappa shape index (κ3) is 4.67. The number of anilines is 1. The van der Waals surface area contributed by atoms with Gasteiger partial charge in [0.05, 0.1) is 17.7 Å². The van der Waals surface area contributed by atoms with E-state index >= 15 is 0 Å². The first kappa shape index (κ1) is 20.5. The molecule has 2 aromatic heterocycles. The minimum absolute atomic E-state index is 0.131. The number of hydrogen-bond donors (Lipinski definition) is 1. The van der Waals surface area contributed by atoms with Crippen LogP contribution in [0.4, 0.5) is 5.69 Å². The Balaban J connectivity index is 1.53. The van der Waals surface area contributed by atoms with Crippen molar-refractivity contribution in [2.45, 2.75) is 5.16 Å². The summed E-state index contributed by atoms with van der Waals surface area (Å²) in [6.45, 7) is 0. The summed E-state index contributed by atoms with van der Waals surface area (Å²) < 4.78 is 7.07. The van der Waals surface area contributed by atoms with Crippen molar-refractivity contribution >= 4 is 46.3 Å². The van der Waals surface area contributed by atoms with Crippen LogP contribution in [-0.4, -0.2) is 33.5 Å². The molecule has 0 unspecified atom stereocenters. The largest absolute Gasteiger partial charge is 0.497 e. The summed E-state index contributed by atoms with van der Waals surface area (Å²) in [5.41, 5.74) is 1.59. The zero-order valence-corrected chi connectivity index (χ0v) is 18.3. The summed E-state index contributed by atoms with van der Waals surface area (Å²) in [6, 6.07) is 18.6. The van der Waals surface area contributed by atoms with Crippen LogP contribution in [0.15, 0.2) is 71.2 Å². The number of nitrogens with one attached hydrogen (secondary N) is 1. The molecule has 0 saturated carbocycles. The van der Waals surface area contributed by atoms with E-state index in [4.69, 9.17) is 16.3 Å². The molecule has 152 valence electrons. The molecule has 0 radical (unpaired) electrons. The molecule has 0 aliphatic heterocycles. The second-order valence-electron chi connectivity index (χ2n) is 6.16. The first-order valence-electron chi connectivity index (χ1n) is 8.96. The Bertz CT molecular complexity index is 1130. The SMILES string of the molecule is COc1ccc(NC(=O)CSc2nnc(-c3cccs3)n2-c2ccc(Cl)cc2)cc1. The highest BCUT2D eigenvalue weighted by atomic mass is 35.5. The van der Waals surface area contributed by atoms with Crippen LogP contribution in [0.3, 0.4) is 0 Å². The molecule has 1 N–H and O–H groups in total. The monoisotopic (exact) mass is 456 g/mol. The van der Waals surface area contributed by atoms with Crippen molar-refractivity contribution in [3.63, 3.8) is 0 Å². The molecule has 30 heavy (non-hydrogen) atoms. The maximum atomic E-state index is 12.4. The molecular weight excluding hydrogens is 440 g/mol. The molecule has 9 heteroatoms. The molecular formula is C21H17ClN4O2S2. The Morgan fingerprint density at radius 1 is 1.13 bits per heavy atom. The number of benzene rings is 2. The zero-order chi connectivity index (χ0) is 20.9. The summed E-state index contributed by atoms with van der Waals surface area (Å²) in [5.74, 6) is 1.53. The van der Waals surface area contributed by atoms with Gasteiger partial charge in [-0.2, -0.15) is 0 Å². The van der Waals surface area contributed by atoms with Gasteiger partial charge in [-0.25, -0.2) is 0 Å². The fourth-order valence-corrected chi connectivity index (χ4v) is 4.33. The van der Waals surface area contributed by atoms with Gasteiger partial charge in [0, 0.05) is 16.4 Å². The minimum atomic E-state index is -0.131. The number of amides is 1. The molecule has 4 aromatic rings. The van der Waals surface area contributed by atoms with Crippen molar-refractivity contribution in [1.29, 1.82) is 0 Å². The van der Waals surface area contributed by atoms with E-state index in [1.807, 2.05) is 46.3 Å². The molecule has 6 nitrogen and oxygen atoms in total. The van der Waals surface area contributed by atoms with Gasteiger partial charge in [0.1, 0.15) is 5.75 Å². The third-order valence-electron chi connectivity index (χ3n) is 4.17. The summed E-state index contributed by atoms with van der Waals surface area (Å²) in [7, 11) is 1.60. The number of nitrogens with zero attached hydrogens (tertiary/aromatic N) is 3. The van der Waals surface area contributed by atoms with Gasteiger partial charge < -0.3 is 10.1 Å². The molecule has 4 rings (SSSR count). The molecule has 0 saturated heterocycles. The molecule has 2 heterocycles. The zero-order valence-electron chi connectivity index (χ0n) is 15.9. The molecule has 2 aromatic carbocycles. The van der Waals surface area contributed by atoms with Gasteiger partial charge in [0.25, 0.3) is 0 Å². The number of thioether (sulfide) groups is 1. The third-order valence-corrected chi connectivity index (χ3v) is 6.21. The van der Waals surface area contributed by atoms with Gasteiger partial charge in [0.2, 0.25) is 5.91 Å². The second-order valence-corrected chi connectivity index (χ2v) is 8.49. The quantitative estimate of drug-likeness (QED) is 0.377. The van der Waals surface area contributed by atoms with Crippen LogP contribution in [0.5, 0.6) is 5.75 Å². The molecule has 0 bridgehead atoms. The number of carbonyl (C=O) groups is 1. The number of rotatable bonds is 7. The highest BCUT2D eigenvalue weighted by Gasteiger charge is 2.18. The Morgan fingerprint density at radius 2 is 1.90 bits per heavy atom. The Hall–Kier alpha value is -2.81. The lowest BCUT2D eigenvalue weighted by Crippen LogP contribution is -2.14. The normalized spacial score (nSPS) is 10.7. The number of carbonyl (C=O) groups excluding carboxylic acids is 1. The lowest BCUT2D eigenvalue weighted by atomic mass is 10.3. The van der Waals surface area contributed by atoms with Gasteiger partial charge in [-0.15, -0.1) is 21.5 Å². The van der Waals surface area contributed by atoms with Crippen molar-refractivity contribution in [2.24, 2.45) is 0 Å². The summed E-state index contributed by atoms with van der Waals surface area (Å²) >= 11 is 8.95. The molecule has 0 fully saturated rings. The van der Waals surface area contributed by atoms with E-state index in [1.165, 1.54) is 11.8 Å². The molecule has 0 aliphatic rings. The molecule has 0 spiro atoms. The molecule has 1 amide bonds. The minimum Gasteiger partial charge on any atom is -0.497 e. The number of aromatic nitrogens is 3. The average molecular weight is 457 g/mol. The molecule has 0 aliphatic carbocycles. The van der Waals surface area contributed by atoms with Crippen LogP contribution in [0.25, 0.3) is 16.4 Å². The van der Waals surface area contributed by atoms with E-state index < -0.39 is 0 Å². The Morgan fingerprint density at radius 3 is 2.57 bits per heavy atom. The lowest BCUT2D eigenvalue weighted by Gasteiger charge is -2.10. The first-order valence-corrected chi connectivity index (χ1v) is 11.2. The maximum absolute atomic E-state index is 12.4. The second kappa shape index (κ2) is 9.34. The van der Waals surface area contributed by atoms with Crippen molar-refractivity contribution in [1.82, 2.24) is 14.8 Å². The van der Waals surface area contributed by atoms with E-state index in [0.717, 1.165) is 22.1 Å². The number of methoxy groups -OCH3 is 1. The number of hydrogen-bond acceptors (Lipinski definition) is 6. The van der Waals surface area contributed by atoms with Crippen LogP contribution in [0.1, 0.15) is 0 Å². The summed E-state index contributed by atoms with van der Waals surface area (Å²) in [5, 5.41) is 14.8. The van der Waals surface area contributed by atoms with Crippen molar-refractivity contribution in [3.8, 4) is 22.1 Å². The predicted octanol–water partition coefficient (Wildman–Crippen LogP) is 5.39. The van der Waals surface area contributed by atoms with Crippen molar-refractivity contribution in [2.75, 3.05) is 18.2 Å². The van der Waals surface area contributed by atoms with E-state index in [9.17, 15) is 4.79 Å². The smallest absolute Gasteiger partial charge is 0.234 e. The van der Waals surface area contributed by atoms with Gasteiger partial charge in [-0.1, -0.05) is 29.4 Å². The number of ether oxygens (including phenoxy) is 1. The van der Waals surface area contributed by atoms with Crippen LogP contribution >= 0.6 is 34.7 Å². The van der Waals surface area contributed by atoms with Gasteiger partial charge in [-0.05, 0) is 60.0 Å². The highest BCUT2D eigenvalue weighted by molar-refractivity contribution is 7.99. The van der Waals surface area contributed by atoms with Crippen LogP contribution < -0.4 is 10.1 Å². The van der Waals surface area contributed by atoms with Crippen LogP contribution in [0.2, 0.25) is 5.02 Å². The summed E-state index contributed by atoms with van der Waals surface area (Å²) in [4.78, 5) is 13.4. The van der Waals surface area contributed by atoms with E-state index in [1.54, 1.807) is 42.7 Å². The summed E-state index contributed by atoms with van der Waals surface area (Å²) in [6.07, 6.45) is 0. The molecule has 0 atom stereocenters. The highest BCUT2D eigenvalue weighted by Crippen LogP contribution is 2.31. The number of halogens is 1. The Kier molecular flexibility index (Phi) is 6.37. The van der Waals surface area contributed by atoms with Gasteiger partial charge in [0.15, 0.2) is 11.0 Å². The van der Waals surface area contributed by atoms with E-state index in [2.05, 4.69) is 15.5 Å². The van der Waals surface area contributed by atoms with E-state index in [-0.39, 0.29) is 11.7 Å². The topological polar surface area (TPSA) is 69.0 Å². The van der Waals surface area contributed by atoms with Gasteiger partial charge >= 0.3 is 0 Å². The standard InChI is InChI=1S/C21H17ClN4O2S2/c1-28-17-10-6-15(7-11-17)23-19(27)13-30-21-25-24-20(18-3-2-12-29-18)26(21)16-8-4-14(22)5-9-16/h2-12H,13H2,1H3,(H,23,27). The van der Waals surface area contributed by atoms with Crippen molar-refractivity contribution < 1.29 is 9.53 Å². The maximum Gasteiger partial charge on any atom is 0.234 e. The lowest BCUT2D eigenvalue weighted by molar-refractivity contribution is -0.113. The predicted molar refractivity (Wildman–Crippen MR) is 122 cm³/mol. The van der Waals surface area contributed by atoms with Crippen LogP contribution in [0, 0.1) is 0 Å². The Labute approximate surface area is 186 Å². The van der Waals surface area contributed by atoms with Gasteiger partial charge in [-0.3, -0.25) is 9.36 Å². The number of thiophene rings is 1. The van der Waals surface area contributed by atoms with Crippen molar-refractivity contribution in [3.05, 3.63) is 71.1 Å². The van der Waals surface area contributed by atoms with E-state index in [0.29, 0.717) is 15.9 Å². The fourth-order valence-electron chi connectivity index (χ4n) is 2.75. The fraction of sp³-hybridized carbons (Fsp3) is 0.0952. The van der Waals surface area contributed by atoms with Crippen LogP contribution in [-0.2, 0) is 4.79 Å².